The molecule has 2 amide bonds. The van der Waals surface area contributed by atoms with E-state index in [1.54, 1.807) is 27.7 Å². The number of halogens is 3. The SMILES string of the molecule is CC(CN(C)C(=O)OC(C)(C)C)C(=O)Nc1ccc(NS(=O)(=O)C(F)(F)F)cc1. The standard InChI is InChI=1S/C17H24F3N3O5S/c1-11(10-23(5)15(25)28-16(2,3)4)14(24)21-12-6-8-13(9-7-12)22-29(26,27)17(18,19)20/h6-9,11,22H,10H2,1-5H3,(H,21,24). The molecule has 1 aromatic carbocycles. The molecule has 0 aromatic heterocycles. The van der Waals surface area contributed by atoms with Gasteiger partial charge in [-0.15, -0.1) is 0 Å². The van der Waals surface area contributed by atoms with E-state index in [0.717, 1.165) is 12.1 Å². The first-order chi connectivity index (χ1) is 13.0. The van der Waals surface area contributed by atoms with E-state index >= 15 is 0 Å². The number of nitrogens with zero attached hydrogens (tertiary/aromatic N) is 1. The van der Waals surface area contributed by atoms with Crippen LogP contribution in [0, 0.1) is 5.92 Å². The van der Waals surface area contributed by atoms with Crippen molar-refractivity contribution in [3.05, 3.63) is 24.3 Å². The van der Waals surface area contributed by atoms with Gasteiger partial charge in [-0.25, -0.2) is 4.79 Å². The molecule has 1 aromatic rings. The van der Waals surface area contributed by atoms with Crippen LogP contribution in [-0.2, 0) is 19.6 Å². The molecule has 8 nitrogen and oxygen atoms in total. The predicted octanol–water partition coefficient (Wildman–Crippen LogP) is 3.39. The van der Waals surface area contributed by atoms with E-state index < -0.39 is 39.1 Å². The van der Waals surface area contributed by atoms with Gasteiger partial charge in [0.25, 0.3) is 0 Å². The number of rotatable bonds is 6. The van der Waals surface area contributed by atoms with Gasteiger partial charge in [0.05, 0.1) is 5.92 Å². The first-order valence-corrected chi connectivity index (χ1v) is 9.94. The Morgan fingerprint density at radius 2 is 1.59 bits per heavy atom. The van der Waals surface area contributed by atoms with Gasteiger partial charge in [-0.1, -0.05) is 6.92 Å². The van der Waals surface area contributed by atoms with Gasteiger partial charge in [0, 0.05) is 25.0 Å². The normalized spacial score (nSPS) is 13.4. The van der Waals surface area contributed by atoms with Gasteiger partial charge < -0.3 is 15.0 Å². The molecule has 1 unspecified atom stereocenters. The van der Waals surface area contributed by atoms with Crippen LogP contribution in [0.4, 0.5) is 29.3 Å². The number of carbonyl (C=O) groups is 2. The summed E-state index contributed by atoms with van der Waals surface area (Å²) >= 11 is 0. The third-order valence-corrected chi connectivity index (χ3v) is 4.52. The van der Waals surface area contributed by atoms with Crippen LogP contribution in [0.25, 0.3) is 0 Å². The van der Waals surface area contributed by atoms with Crippen molar-refractivity contribution >= 4 is 33.4 Å². The van der Waals surface area contributed by atoms with Crippen LogP contribution in [-0.4, -0.2) is 50.0 Å². The number of hydrogen-bond donors (Lipinski definition) is 2. The van der Waals surface area contributed by atoms with Gasteiger partial charge in [0.2, 0.25) is 5.91 Å². The topological polar surface area (TPSA) is 105 Å². The molecule has 0 aliphatic carbocycles. The average Bonchev–Trinajstić information content (AvgIpc) is 2.53. The van der Waals surface area contributed by atoms with Gasteiger partial charge in [-0.05, 0) is 45.0 Å². The van der Waals surface area contributed by atoms with Crippen LogP contribution in [0.15, 0.2) is 24.3 Å². The quantitative estimate of drug-likeness (QED) is 0.707. The second kappa shape index (κ2) is 8.89. The number of amides is 2. The van der Waals surface area contributed by atoms with Crippen molar-refractivity contribution in [3.63, 3.8) is 0 Å². The Morgan fingerprint density at radius 3 is 2.03 bits per heavy atom. The lowest BCUT2D eigenvalue weighted by atomic mass is 10.1. The summed E-state index contributed by atoms with van der Waals surface area (Å²) < 4.78 is 65.8. The maximum atomic E-state index is 12.4. The van der Waals surface area contributed by atoms with Crippen LogP contribution >= 0.6 is 0 Å². The fraction of sp³-hybridized carbons (Fsp3) is 0.529. The molecule has 0 saturated heterocycles. The van der Waals surface area contributed by atoms with Gasteiger partial charge in [0.15, 0.2) is 0 Å². The zero-order chi connectivity index (χ0) is 22.6. The number of benzene rings is 1. The second-order valence-corrected chi connectivity index (χ2v) is 9.05. The minimum absolute atomic E-state index is 0.0736. The number of hydrogen-bond acceptors (Lipinski definition) is 5. The Bertz CT molecular complexity index is 833. The molecule has 1 rings (SSSR count). The van der Waals surface area contributed by atoms with Crippen molar-refractivity contribution in [1.29, 1.82) is 0 Å². The highest BCUT2D eigenvalue weighted by Crippen LogP contribution is 2.26. The molecule has 0 aliphatic rings. The summed E-state index contributed by atoms with van der Waals surface area (Å²) in [6.45, 7) is 6.81. The highest BCUT2D eigenvalue weighted by Gasteiger charge is 2.46. The summed E-state index contributed by atoms with van der Waals surface area (Å²) in [5, 5.41) is 2.54. The van der Waals surface area contributed by atoms with Crippen molar-refractivity contribution in [2.75, 3.05) is 23.6 Å². The molecule has 1 atom stereocenters. The van der Waals surface area contributed by atoms with Crippen LogP contribution in [0.1, 0.15) is 27.7 Å². The van der Waals surface area contributed by atoms with Gasteiger partial charge in [-0.2, -0.15) is 21.6 Å². The van der Waals surface area contributed by atoms with Crippen molar-refractivity contribution in [2.45, 2.75) is 38.8 Å². The lowest BCUT2D eigenvalue weighted by molar-refractivity contribution is -0.119. The van der Waals surface area contributed by atoms with Crippen LogP contribution < -0.4 is 10.0 Å². The van der Waals surface area contributed by atoms with Crippen LogP contribution in [0.2, 0.25) is 0 Å². The number of anilines is 2. The predicted molar refractivity (Wildman–Crippen MR) is 102 cm³/mol. The van der Waals surface area contributed by atoms with E-state index in [2.05, 4.69) is 5.32 Å². The van der Waals surface area contributed by atoms with E-state index in [1.165, 1.54) is 28.8 Å². The molecule has 0 fully saturated rings. The molecule has 0 saturated carbocycles. The van der Waals surface area contributed by atoms with Crippen molar-refractivity contribution in [2.24, 2.45) is 5.92 Å². The molecule has 164 valence electrons. The highest BCUT2D eigenvalue weighted by atomic mass is 32.2. The van der Waals surface area contributed by atoms with Gasteiger partial charge >= 0.3 is 21.6 Å². The fourth-order valence-corrected chi connectivity index (χ4v) is 2.57. The van der Waals surface area contributed by atoms with Crippen molar-refractivity contribution in [3.8, 4) is 0 Å². The molecule has 0 spiro atoms. The minimum Gasteiger partial charge on any atom is -0.444 e. The summed E-state index contributed by atoms with van der Waals surface area (Å²) in [5.41, 5.74) is -6.17. The molecule has 0 radical (unpaired) electrons. The van der Waals surface area contributed by atoms with Gasteiger partial charge in [0.1, 0.15) is 5.60 Å². The molecule has 0 aliphatic heterocycles. The molecule has 29 heavy (non-hydrogen) atoms. The summed E-state index contributed by atoms with van der Waals surface area (Å²) in [4.78, 5) is 25.4. The molecule has 12 heteroatoms. The smallest absolute Gasteiger partial charge is 0.444 e. The van der Waals surface area contributed by atoms with Gasteiger partial charge in [-0.3, -0.25) is 9.52 Å². The first kappa shape index (κ1) is 24.5. The Morgan fingerprint density at radius 1 is 1.10 bits per heavy atom. The lowest BCUT2D eigenvalue weighted by Gasteiger charge is -2.26. The summed E-state index contributed by atoms with van der Waals surface area (Å²) in [6, 6.07) is 4.65. The number of sulfonamides is 1. The molecule has 2 N–H and O–H groups in total. The van der Waals surface area contributed by atoms with Crippen LogP contribution in [0.3, 0.4) is 0 Å². The zero-order valence-corrected chi connectivity index (χ0v) is 17.4. The monoisotopic (exact) mass is 439 g/mol. The minimum atomic E-state index is -5.52. The van der Waals surface area contributed by atoms with Crippen molar-refractivity contribution in [1.82, 2.24) is 4.90 Å². The van der Waals surface area contributed by atoms with E-state index in [9.17, 15) is 31.2 Å². The molecular formula is C17H24F3N3O5S. The number of alkyl halides is 3. The molecule has 0 heterocycles. The van der Waals surface area contributed by atoms with Crippen molar-refractivity contribution < 1.29 is 35.9 Å². The number of ether oxygens (including phenoxy) is 1. The van der Waals surface area contributed by atoms with E-state index in [-0.39, 0.29) is 17.9 Å². The second-order valence-electron chi connectivity index (χ2n) is 7.38. The Balaban J connectivity index is 2.67. The molecule has 0 bridgehead atoms. The fourth-order valence-electron chi connectivity index (χ4n) is 2.01. The summed E-state index contributed by atoms with van der Waals surface area (Å²) in [7, 11) is -4.04. The Labute approximate surface area is 167 Å². The Hall–Kier alpha value is -2.50. The summed E-state index contributed by atoms with van der Waals surface area (Å²) in [6.07, 6.45) is -0.585. The maximum absolute atomic E-state index is 12.4. The Kier molecular flexibility index (Phi) is 7.52. The van der Waals surface area contributed by atoms with E-state index in [4.69, 9.17) is 4.74 Å². The van der Waals surface area contributed by atoms with E-state index in [1.807, 2.05) is 0 Å². The molecular weight excluding hydrogens is 415 g/mol. The highest BCUT2D eigenvalue weighted by molar-refractivity contribution is 7.93. The third-order valence-electron chi connectivity index (χ3n) is 3.41. The number of carbonyl (C=O) groups excluding carboxylic acids is 2. The zero-order valence-electron chi connectivity index (χ0n) is 16.6. The lowest BCUT2D eigenvalue weighted by Crippen LogP contribution is -2.39. The third kappa shape index (κ3) is 7.80. The maximum Gasteiger partial charge on any atom is 0.516 e. The number of nitrogens with one attached hydrogen (secondary N) is 2. The average molecular weight is 439 g/mol. The largest absolute Gasteiger partial charge is 0.516 e. The van der Waals surface area contributed by atoms with E-state index in [0.29, 0.717) is 0 Å². The van der Waals surface area contributed by atoms with Crippen LogP contribution in [0.5, 0.6) is 0 Å². The summed E-state index contributed by atoms with van der Waals surface area (Å²) in [5.74, 6) is -1.06. The first-order valence-electron chi connectivity index (χ1n) is 8.46.